The second-order valence-electron chi connectivity index (χ2n) is 7.24. The fraction of sp³-hybridized carbons (Fsp3) is 0.304. The largest absolute Gasteiger partial charge is 0.382 e. The molecular weight excluding hydrogens is 348 g/mol. The van der Waals surface area contributed by atoms with Crippen LogP contribution in [0, 0.1) is 13.8 Å². The molecule has 4 rings (SSSR count). The molecule has 0 saturated heterocycles. The number of anilines is 1. The summed E-state index contributed by atoms with van der Waals surface area (Å²) in [4.78, 5) is 8.91. The molecule has 4 aromatic rings. The Hall–Kier alpha value is -2.92. The van der Waals surface area contributed by atoms with E-state index >= 15 is 0 Å². The zero-order valence-corrected chi connectivity index (χ0v) is 16.5. The summed E-state index contributed by atoms with van der Waals surface area (Å²) in [5, 5.41) is 1.07. The first kappa shape index (κ1) is 18.4. The Morgan fingerprint density at radius 1 is 1.00 bits per heavy atom. The van der Waals surface area contributed by atoms with Gasteiger partial charge in [-0.15, -0.1) is 0 Å². The van der Waals surface area contributed by atoms with E-state index in [4.69, 9.17) is 10.5 Å². The molecule has 0 aliphatic heterocycles. The highest BCUT2D eigenvalue weighted by Gasteiger charge is 2.11. The molecule has 144 valence electrons. The number of pyridine rings is 1. The first-order valence-electron chi connectivity index (χ1n) is 9.77. The van der Waals surface area contributed by atoms with Crippen molar-refractivity contribution in [2.75, 3.05) is 18.9 Å². The van der Waals surface area contributed by atoms with Crippen LogP contribution in [-0.4, -0.2) is 27.7 Å². The van der Waals surface area contributed by atoms with Gasteiger partial charge < -0.3 is 15.0 Å². The molecule has 0 spiro atoms. The van der Waals surface area contributed by atoms with Gasteiger partial charge in [0.2, 0.25) is 0 Å². The quantitative estimate of drug-likeness (QED) is 0.486. The monoisotopic (exact) mass is 374 g/mol. The van der Waals surface area contributed by atoms with Gasteiger partial charge in [0.1, 0.15) is 5.52 Å². The van der Waals surface area contributed by atoms with Gasteiger partial charge in [-0.25, -0.2) is 9.97 Å². The Labute approximate surface area is 165 Å². The summed E-state index contributed by atoms with van der Waals surface area (Å²) in [6.07, 6.45) is 3.91. The molecule has 28 heavy (non-hydrogen) atoms. The van der Waals surface area contributed by atoms with Crippen LogP contribution in [0.2, 0.25) is 0 Å². The van der Waals surface area contributed by atoms with Crippen molar-refractivity contribution in [1.82, 2.24) is 14.5 Å². The average Bonchev–Trinajstić information content (AvgIpc) is 3.11. The summed E-state index contributed by atoms with van der Waals surface area (Å²) in [5.74, 6) is 0.474. The molecule has 2 aromatic carbocycles. The van der Waals surface area contributed by atoms with Crippen LogP contribution in [0.3, 0.4) is 0 Å². The maximum Gasteiger partial charge on any atom is 0.152 e. The zero-order chi connectivity index (χ0) is 19.5. The van der Waals surface area contributed by atoms with Gasteiger partial charge >= 0.3 is 0 Å². The Balaban J connectivity index is 1.37. The normalized spacial score (nSPS) is 11.5. The number of imidazole rings is 1. The van der Waals surface area contributed by atoms with Crippen LogP contribution >= 0.6 is 0 Å². The minimum atomic E-state index is 0.474. The number of fused-ring (bicyclic) bond motifs is 3. The first-order valence-corrected chi connectivity index (χ1v) is 9.77. The molecule has 2 N–H and O–H groups in total. The summed E-state index contributed by atoms with van der Waals surface area (Å²) in [5.41, 5.74) is 12.9. The molecule has 0 radical (unpaired) electrons. The van der Waals surface area contributed by atoms with Gasteiger partial charge in [0.05, 0.1) is 24.0 Å². The lowest BCUT2D eigenvalue weighted by Gasteiger charge is -2.11. The van der Waals surface area contributed by atoms with E-state index in [1.54, 1.807) is 0 Å². The van der Waals surface area contributed by atoms with Gasteiger partial charge in [-0.3, -0.25) is 0 Å². The van der Waals surface area contributed by atoms with Crippen molar-refractivity contribution in [3.05, 3.63) is 65.5 Å². The molecule has 2 heterocycles. The van der Waals surface area contributed by atoms with Crippen molar-refractivity contribution < 1.29 is 4.74 Å². The molecule has 0 aliphatic carbocycles. The zero-order valence-electron chi connectivity index (χ0n) is 16.5. The van der Waals surface area contributed by atoms with Crippen molar-refractivity contribution >= 4 is 27.8 Å². The number of nitrogens with two attached hydrogens (primary N) is 1. The highest BCUT2D eigenvalue weighted by atomic mass is 16.5. The molecule has 0 bridgehead atoms. The van der Waals surface area contributed by atoms with Crippen LogP contribution in [0.4, 0.5) is 5.82 Å². The third kappa shape index (κ3) is 3.58. The van der Waals surface area contributed by atoms with Crippen molar-refractivity contribution in [2.45, 2.75) is 33.2 Å². The summed E-state index contributed by atoms with van der Waals surface area (Å²) in [7, 11) is 0. The van der Waals surface area contributed by atoms with Crippen molar-refractivity contribution in [3.63, 3.8) is 0 Å². The highest BCUT2D eigenvalue weighted by Crippen LogP contribution is 2.26. The van der Waals surface area contributed by atoms with E-state index in [-0.39, 0.29) is 0 Å². The molecule has 0 saturated carbocycles. The SMILES string of the molecule is Cc1cccc(C)c1CCCOCCn1cnc2c(N)nc3ccccc3c21. The van der Waals surface area contributed by atoms with Gasteiger partial charge in [0.25, 0.3) is 0 Å². The summed E-state index contributed by atoms with van der Waals surface area (Å²) in [6, 6.07) is 14.5. The lowest BCUT2D eigenvalue weighted by Crippen LogP contribution is -2.07. The third-order valence-corrected chi connectivity index (χ3v) is 5.32. The predicted octanol–water partition coefficient (Wildman–Crippen LogP) is 4.43. The van der Waals surface area contributed by atoms with E-state index in [0.29, 0.717) is 12.4 Å². The number of nitrogens with zero attached hydrogens (tertiary/aromatic N) is 3. The maximum absolute atomic E-state index is 6.09. The number of hydrogen-bond acceptors (Lipinski definition) is 4. The number of benzene rings is 2. The third-order valence-electron chi connectivity index (χ3n) is 5.32. The first-order chi connectivity index (χ1) is 13.6. The Bertz CT molecular complexity index is 1100. The second-order valence-corrected chi connectivity index (χ2v) is 7.24. The van der Waals surface area contributed by atoms with Crippen molar-refractivity contribution in [1.29, 1.82) is 0 Å². The van der Waals surface area contributed by atoms with Gasteiger partial charge in [0, 0.05) is 18.5 Å². The Morgan fingerprint density at radius 3 is 2.61 bits per heavy atom. The summed E-state index contributed by atoms with van der Waals surface area (Å²) in [6.45, 7) is 6.50. The molecule has 0 unspecified atom stereocenters. The summed E-state index contributed by atoms with van der Waals surface area (Å²) < 4.78 is 8.02. The fourth-order valence-electron chi connectivity index (χ4n) is 3.83. The lowest BCUT2D eigenvalue weighted by atomic mass is 9.99. The number of para-hydroxylation sites is 1. The van der Waals surface area contributed by atoms with Crippen molar-refractivity contribution in [3.8, 4) is 0 Å². The molecule has 0 atom stereocenters. The number of aromatic nitrogens is 3. The smallest absolute Gasteiger partial charge is 0.152 e. The van der Waals surface area contributed by atoms with Crippen LogP contribution in [0.15, 0.2) is 48.8 Å². The summed E-state index contributed by atoms with van der Waals surface area (Å²) >= 11 is 0. The van der Waals surface area contributed by atoms with E-state index in [9.17, 15) is 0 Å². The molecular formula is C23H26N4O. The number of hydrogen-bond donors (Lipinski definition) is 1. The average molecular weight is 374 g/mol. The predicted molar refractivity (Wildman–Crippen MR) is 115 cm³/mol. The second kappa shape index (κ2) is 7.98. The molecule has 5 heteroatoms. The van der Waals surface area contributed by atoms with Crippen LogP contribution in [0.1, 0.15) is 23.1 Å². The van der Waals surface area contributed by atoms with Gasteiger partial charge in [-0.05, 0) is 49.4 Å². The number of rotatable bonds is 7. The lowest BCUT2D eigenvalue weighted by molar-refractivity contribution is 0.125. The molecule has 0 aliphatic rings. The van der Waals surface area contributed by atoms with Gasteiger partial charge in [-0.1, -0.05) is 36.4 Å². The van der Waals surface area contributed by atoms with Crippen LogP contribution < -0.4 is 5.73 Å². The van der Waals surface area contributed by atoms with E-state index < -0.39 is 0 Å². The molecule has 0 amide bonds. The van der Waals surface area contributed by atoms with Crippen LogP contribution in [0.5, 0.6) is 0 Å². The fourth-order valence-corrected chi connectivity index (χ4v) is 3.83. The number of nitrogen functional groups attached to an aromatic ring is 1. The Morgan fingerprint density at radius 2 is 1.79 bits per heavy atom. The minimum Gasteiger partial charge on any atom is -0.382 e. The van der Waals surface area contributed by atoms with E-state index in [1.165, 1.54) is 16.7 Å². The minimum absolute atomic E-state index is 0.474. The highest BCUT2D eigenvalue weighted by molar-refractivity contribution is 6.06. The van der Waals surface area contributed by atoms with Gasteiger partial charge in [-0.2, -0.15) is 0 Å². The Kier molecular flexibility index (Phi) is 5.26. The van der Waals surface area contributed by atoms with E-state index in [2.05, 4.69) is 52.6 Å². The van der Waals surface area contributed by atoms with Gasteiger partial charge in [0.15, 0.2) is 5.82 Å². The van der Waals surface area contributed by atoms with Crippen LogP contribution in [0.25, 0.3) is 21.9 Å². The number of ether oxygens (including phenoxy) is 1. The molecule has 0 fully saturated rings. The topological polar surface area (TPSA) is 66.0 Å². The van der Waals surface area contributed by atoms with E-state index in [1.807, 2.05) is 24.5 Å². The number of aryl methyl sites for hydroxylation is 2. The standard InChI is InChI=1S/C23H26N4O/c1-16-7-5-8-17(2)18(16)10-6-13-28-14-12-27-15-25-21-22(27)19-9-3-4-11-20(19)26-23(21)24/h3-5,7-9,11,15H,6,10,12-14H2,1-2H3,(H2,24,26). The maximum atomic E-state index is 6.09. The van der Waals surface area contributed by atoms with E-state index in [0.717, 1.165) is 47.9 Å². The molecule has 5 nitrogen and oxygen atoms in total. The van der Waals surface area contributed by atoms with Crippen LogP contribution in [-0.2, 0) is 17.7 Å². The molecule has 2 aromatic heterocycles. The van der Waals surface area contributed by atoms with Crippen molar-refractivity contribution in [2.24, 2.45) is 0 Å².